The Morgan fingerprint density at radius 2 is 1.68 bits per heavy atom. The third kappa shape index (κ3) is 4.80. The summed E-state index contributed by atoms with van der Waals surface area (Å²) < 4.78 is 43.7. The van der Waals surface area contributed by atoms with Gasteiger partial charge in [0.15, 0.2) is 18.2 Å². The topological polar surface area (TPSA) is 38.3 Å². The van der Waals surface area contributed by atoms with E-state index in [9.17, 15) is 18.0 Å². The van der Waals surface area contributed by atoms with Gasteiger partial charge in [-0.15, -0.1) is 0 Å². The standard InChI is InChI=1S/C16H14F3NO2/c17-12-3-1-11(2-4-12)7-8-20-16(21)10-22-15-6-5-13(18)9-14(15)19/h1-6,9H,7-8,10H2,(H,20,21). The predicted molar refractivity (Wildman–Crippen MR) is 75.0 cm³/mol. The molecule has 6 heteroatoms. The second-order valence-electron chi connectivity index (χ2n) is 4.59. The SMILES string of the molecule is O=C(COc1ccc(F)cc1F)NCCc1ccc(F)cc1. The number of nitrogens with one attached hydrogen (secondary N) is 1. The van der Waals surface area contributed by atoms with E-state index in [-0.39, 0.29) is 18.2 Å². The van der Waals surface area contributed by atoms with Crippen LogP contribution in [-0.2, 0) is 11.2 Å². The first-order valence-corrected chi connectivity index (χ1v) is 6.63. The maximum Gasteiger partial charge on any atom is 0.257 e. The van der Waals surface area contributed by atoms with Crippen molar-refractivity contribution < 1.29 is 22.7 Å². The molecule has 2 rings (SSSR count). The first kappa shape index (κ1) is 15.9. The fourth-order valence-corrected chi connectivity index (χ4v) is 1.78. The molecule has 0 radical (unpaired) electrons. The van der Waals surface area contributed by atoms with Crippen LogP contribution in [-0.4, -0.2) is 19.1 Å². The van der Waals surface area contributed by atoms with E-state index in [4.69, 9.17) is 4.74 Å². The van der Waals surface area contributed by atoms with Gasteiger partial charge in [0.05, 0.1) is 0 Å². The van der Waals surface area contributed by atoms with Crippen molar-refractivity contribution in [2.45, 2.75) is 6.42 Å². The van der Waals surface area contributed by atoms with Crippen LogP contribution in [0.3, 0.4) is 0 Å². The molecule has 22 heavy (non-hydrogen) atoms. The van der Waals surface area contributed by atoms with Crippen molar-refractivity contribution in [2.75, 3.05) is 13.2 Å². The lowest BCUT2D eigenvalue weighted by atomic mass is 10.1. The summed E-state index contributed by atoms with van der Waals surface area (Å²) in [5, 5.41) is 2.59. The van der Waals surface area contributed by atoms with Crippen molar-refractivity contribution in [1.29, 1.82) is 0 Å². The molecule has 0 saturated heterocycles. The van der Waals surface area contributed by atoms with Gasteiger partial charge in [-0.3, -0.25) is 4.79 Å². The highest BCUT2D eigenvalue weighted by Gasteiger charge is 2.07. The number of halogens is 3. The number of carbonyl (C=O) groups excluding carboxylic acids is 1. The Morgan fingerprint density at radius 3 is 2.36 bits per heavy atom. The fraction of sp³-hybridized carbons (Fsp3) is 0.188. The van der Waals surface area contributed by atoms with Crippen molar-refractivity contribution in [3.63, 3.8) is 0 Å². The van der Waals surface area contributed by atoms with Crippen LogP contribution in [0, 0.1) is 17.5 Å². The summed E-state index contributed by atoms with van der Waals surface area (Å²) >= 11 is 0. The van der Waals surface area contributed by atoms with E-state index in [1.54, 1.807) is 12.1 Å². The van der Waals surface area contributed by atoms with Gasteiger partial charge in [-0.2, -0.15) is 0 Å². The van der Waals surface area contributed by atoms with Crippen LogP contribution >= 0.6 is 0 Å². The lowest BCUT2D eigenvalue weighted by Gasteiger charge is -2.08. The molecule has 1 N–H and O–H groups in total. The largest absolute Gasteiger partial charge is 0.481 e. The van der Waals surface area contributed by atoms with E-state index < -0.39 is 17.5 Å². The molecular weight excluding hydrogens is 295 g/mol. The highest BCUT2D eigenvalue weighted by Crippen LogP contribution is 2.17. The minimum Gasteiger partial charge on any atom is -0.481 e. The van der Waals surface area contributed by atoms with E-state index in [2.05, 4.69) is 5.32 Å². The molecule has 0 bridgehead atoms. The molecule has 0 aliphatic rings. The highest BCUT2D eigenvalue weighted by molar-refractivity contribution is 5.77. The summed E-state index contributed by atoms with van der Waals surface area (Å²) in [5.74, 6) is -2.50. The monoisotopic (exact) mass is 309 g/mol. The number of hydrogen-bond donors (Lipinski definition) is 1. The minimum atomic E-state index is -0.862. The first-order chi connectivity index (χ1) is 10.5. The summed E-state index contributed by atoms with van der Waals surface area (Å²) in [7, 11) is 0. The van der Waals surface area contributed by atoms with E-state index in [0.29, 0.717) is 19.0 Å². The van der Waals surface area contributed by atoms with Gasteiger partial charge < -0.3 is 10.1 Å². The average molecular weight is 309 g/mol. The van der Waals surface area contributed by atoms with Crippen LogP contribution in [0.15, 0.2) is 42.5 Å². The molecule has 0 aliphatic carbocycles. The molecule has 3 nitrogen and oxygen atoms in total. The molecule has 0 atom stereocenters. The Hall–Kier alpha value is -2.50. The molecule has 0 heterocycles. The summed E-state index contributed by atoms with van der Waals surface area (Å²) in [5.41, 5.74) is 0.882. The molecule has 2 aromatic carbocycles. The van der Waals surface area contributed by atoms with E-state index >= 15 is 0 Å². The van der Waals surface area contributed by atoms with Crippen LogP contribution in [0.2, 0.25) is 0 Å². The normalized spacial score (nSPS) is 10.3. The van der Waals surface area contributed by atoms with E-state index in [1.165, 1.54) is 12.1 Å². The van der Waals surface area contributed by atoms with Crippen molar-refractivity contribution in [2.24, 2.45) is 0 Å². The van der Waals surface area contributed by atoms with E-state index in [0.717, 1.165) is 17.7 Å². The maximum atomic E-state index is 13.3. The van der Waals surface area contributed by atoms with Crippen LogP contribution in [0.25, 0.3) is 0 Å². The number of ether oxygens (including phenoxy) is 1. The molecule has 116 valence electrons. The lowest BCUT2D eigenvalue weighted by molar-refractivity contribution is -0.123. The summed E-state index contributed by atoms with van der Waals surface area (Å²) in [6, 6.07) is 8.80. The van der Waals surface area contributed by atoms with Crippen LogP contribution in [0.1, 0.15) is 5.56 Å². The second kappa shape index (κ2) is 7.49. The maximum absolute atomic E-state index is 13.3. The molecule has 0 unspecified atom stereocenters. The molecule has 0 saturated carbocycles. The van der Waals surface area contributed by atoms with Gasteiger partial charge in [0, 0.05) is 12.6 Å². The Balaban J connectivity index is 1.72. The zero-order chi connectivity index (χ0) is 15.9. The molecule has 0 aliphatic heterocycles. The van der Waals surface area contributed by atoms with Crippen LogP contribution in [0.5, 0.6) is 5.75 Å². The number of carbonyl (C=O) groups is 1. The van der Waals surface area contributed by atoms with Crippen LogP contribution in [0.4, 0.5) is 13.2 Å². The fourth-order valence-electron chi connectivity index (χ4n) is 1.78. The molecule has 0 spiro atoms. The first-order valence-electron chi connectivity index (χ1n) is 6.63. The van der Waals surface area contributed by atoms with Gasteiger partial charge in [0.25, 0.3) is 5.91 Å². The molecule has 1 amide bonds. The predicted octanol–water partition coefficient (Wildman–Crippen LogP) is 2.84. The van der Waals surface area contributed by atoms with Crippen LogP contribution < -0.4 is 10.1 Å². The Bertz CT molecular complexity index is 644. The molecule has 0 fully saturated rings. The van der Waals surface area contributed by atoms with Gasteiger partial charge in [-0.25, -0.2) is 13.2 Å². The zero-order valence-electron chi connectivity index (χ0n) is 11.6. The van der Waals surface area contributed by atoms with Gasteiger partial charge >= 0.3 is 0 Å². The molecule has 0 aromatic heterocycles. The Morgan fingerprint density at radius 1 is 1.00 bits per heavy atom. The minimum absolute atomic E-state index is 0.185. The summed E-state index contributed by atoms with van der Waals surface area (Å²) in [6.45, 7) is -0.0221. The van der Waals surface area contributed by atoms with Gasteiger partial charge in [-0.05, 0) is 36.2 Å². The number of hydrogen-bond acceptors (Lipinski definition) is 2. The van der Waals surface area contributed by atoms with Gasteiger partial charge in [0.1, 0.15) is 11.6 Å². The Labute approximate surface area is 125 Å². The van der Waals surface area contributed by atoms with E-state index in [1.807, 2.05) is 0 Å². The van der Waals surface area contributed by atoms with Crippen molar-refractivity contribution in [1.82, 2.24) is 5.32 Å². The van der Waals surface area contributed by atoms with Crippen molar-refractivity contribution in [3.05, 3.63) is 65.5 Å². The quantitative estimate of drug-likeness (QED) is 0.891. The number of amides is 1. The molecule has 2 aromatic rings. The van der Waals surface area contributed by atoms with Crippen molar-refractivity contribution >= 4 is 5.91 Å². The highest BCUT2D eigenvalue weighted by atomic mass is 19.1. The summed E-state index contributed by atoms with van der Waals surface area (Å²) in [4.78, 5) is 11.5. The van der Waals surface area contributed by atoms with Crippen molar-refractivity contribution in [3.8, 4) is 5.75 Å². The number of benzene rings is 2. The van der Waals surface area contributed by atoms with Gasteiger partial charge in [0.2, 0.25) is 0 Å². The zero-order valence-corrected chi connectivity index (χ0v) is 11.6. The average Bonchev–Trinajstić information content (AvgIpc) is 2.48. The smallest absolute Gasteiger partial charge is 0.257 e. The Kier molecular flexibility index (Phi) is 5.41. The molecular formula is C16H14F3NO2. The van der Waals surface area contributed by atoms with Gasteiger partial charge in [-0.1, -0.05) is 12.1 Å². The third-order valence-corrected chi connectivity index (χ3v) is 2.90. The summed E-state index contributed by atoms with van der Waals surface area (Å²) in [6.07, 6.45) is 0.539. The third-order valence-electron chi connectivity index (χ3n) is 2.90. The lowest BCUT2D eigenvalue weighted by Crippen LogP contribution is -2.30. The second-order valence-corrected chi connectivity index (χ2v) is 4.59. The number of rotatable bonds is 6.